The van der Waals surface area contributed by atoms with E-state index in [1.54, 1.807) is 0 Å². The largest absolute Gasteiger partial charge is 0.294 e. The summed E-state index contributed by atoms with van der Waals surface area (Å²) in [7, 11) is 0. The van der Waals surface area contributed by atoms with E-state index in [1.807, 2.05) is 49.4 Å². The molecule has 0 heterocycles. The molecule has 106 valence electrons. The normalized spacial score (nSPS) is 11.2. The summed E-state index contributed by atoms with van der Waals surface area (Å²) < 4.78 is 0. The standard InChI is InChI=1S/C18H14Cl2O/c1-2-5-16(21)14-9-8-13-12-7-4-3-6-11(12)10-15(19)17(13)18(14)20/h3-4,6-10H,2,5H2,1H3. The van der Waals surface area contributed by atoms with Gasteiger partial charge in [0.2, 0.25) is 0 Å². The molecular weight excluding hydrogens is 303 g/mol. The molecular formula is C18H14Cl2O. The van der Waals surface area contributed by atoms with Crippen molar-refractivity contribution in [3.05, 3.63) is 58.1 Å². The Morgan fingerprint density at radius 2 is 1.81 bits per heavy atom. The molecule has 3 heteroatoms. The first kappa shape index (κ1) is 14.4. The van der Waals surface area contributed by atoms with Crippen LogP contribution in [0.5, 0.6) is 0 Å². The molecule has 0 aliphatic heterocycles. The molecule has 3 aromatic rings. The molecule has 0 aliphatic carbocycles. The number of rotatable bonds is 3. The van der Waals surface area contributed by atoms with E-state index in [2.05, 4.69) is 0 Å². The Labute approximate surface area is 133 Å². The second-order valence-corrected chi connectivity index (χ2v) is 5.89. The van der Waals surface area contributed by atoms with Gasteiger partial charge in [0.05, 0.1) is 10.0 Å². The lowest BCUT2D eigenvalue weighted by atomic mass is 9.97. The van der Waals surface area contributed by atoms with Crippen molar-refractivity contribution in [3.63, 3.8) is 0 Å². The smallest absolute Gasteiger partial charge is 0.164 e. The zero-order valence-electron chi connectivity index (χ0n) is 11.6. The Morgan fingerprint density at radius 1 is 1.05 bits per heavy atom. The van der Waals surface area contributed by atoms with Gasteiger partial charge in [0.15, 0.2) is 5.78 Å². The van der Waals surface area contributed by atoms with Crippen LogP contribution in [0.15, 0.2) is 42.5 Å². The molecule has 0 aromatic heterocycles. The lowest BCUT2D eigenvalue weighted by Crippen LogP contribution is -1.99. The SMILES string of the molecule is CCCC(=O)c1ccc2c(c(Cl)cc3ccccc32)c1Cl. The van der Waals surface area contributed by atoms with Crippen LogP contribution in [0.1, 0.15) is 30.1 Å². The van der Waals surface area contributed by atoms with E-state index in [0.29, 0.717) is 22.0 Å². The first-order valence-corrected chi connectivity index (χ1v) is 7.71. The van der Waals surface area contributed by atoms with Gasteiger partial charge in [0, 0.05) is 17.4 Å². The molecule has 0 radical (unpaired) electrons. The van der Waals surface area contributed by atoms with Gasteiger partial charge in [0.1, 0.15) is 0 Å². The fourth-order valence-electron chi connectivity index (χ4n) is 2.69. The van der Waals surface area contributed by atoms with Gasteiger partial charge in [-0.3, -0.25) is 4.79 Å². The number of hydrogen-bond donors (Lipinski definition) is 0. The molecule has 0 fully saturated rings. The van der Waals surface area contributed by atoms with Crippen LogP contribution in [0, 0.1) is 0 Å². The molecule has 21 heavy (non-hydrogen) atoms. The molecule has 3 aromatic carbocycles. The van der Waals surface area contributed by atoms with Crippen LogP contribution in [0.2, 0.25) is 10.0 Å². The molecule has 0 aliphatic rings. The van der Waals surface area contributed by atoms with Gasteiger partial charge in [-0.1, -0.05) is 60.5 Å². The summed E-state index contributed by atoms with van der Waals surface area (Å²) in [5.74, 6) is 0.0635. The summed E-state index contributed by atoms with van der Waals surface area (Å²) in [6.45, 7) is 1.98. The van der Waals surface area contributed by atoms with E-state index in [9.17, 15) is 4.79 Å². The average molecular weight is 317 g/mol. The molecule has 0 N–H and O–H groups in total. The number of Topliss-reactive ketones (excluding diaryl/α,β-unsaturated/α-hetero) is 1. The number of fused-ring (bicyclic) bond motifs is 3. The summed E-state index contributed by atoms with van der Waals surface area (Å²) in [5, 5.41) is 4.95. The fourth-order valence-corrected chi connectivity index (χ4v) is 3.42. The summed E-state index contributed by atoms with van der Waals surface area (Å²) in [4.78, 5) is 12.2. The van der Waals surface area contributed by atoms with E-state index in [4.69, 9.17) is 23.2 Å². The summed E-state index contributed by atoms with van der Waals surface area (Å²) in [5.41, 5.74) is 0.559. The molecule has 3 rings (SSSR count). The molecule has 0 atom stereocenters. The van der Waals surface area contributed by atoms with Gasteiger partial charge in [-0.25, -0.2) is 0 Å². The third-order valence-electron chi connectivity index (χ3n) is 3.69. The van der Waals surface area contributed by atoms with Gasteiger partial charge in [-0.15, -0.1) is 0 Å². The first-order valence-electron chi connectivity index (χ1n) is 6.96. The van der Waals surface area contributed by atoms with Crippen LogP contribution in [0.25, 0.3) is 21.5 Å². The zero-order chi connectivity index (χ0) is 15.0. The van der Waals surface area contributed by atoms with E-state index in [1.165, 1.54) is 0 Å². The minimum Gasteiger partial charge on any atom is -0.294 e. The Hall–Kier alpha value is -1.57. The quantitative estimate of drug-likeness (QED) is 0.410. The van der Waals surface area contributed by atoms with Crippen molar-refractivity contribution in [2.45, 2.75) is 19.8 Å². The highest BCUT2D eigenvalue weighted by atomic mass is 35.5. The lowest BCUT2D eigenvalue weighted by Gasteiger charge is -2.11. The van der Waals surface area contributed by atoms with Crippen molar-refractivity contribution in [1.29, 1.82) is 0 Å². The van der Waals surface area contributed by atoms with Crippen molar-refractivity contribution >= 4 is 50.5 Å². The average Bonchev–Trinajstić information content (AvgIpc) is 2.47. The first-order chi connectivity index (χ1) is 10.1. The Balaban J connectivity index is 2.36. The van der Waals surface area contributed by atoms with Crippen molar-refractivity contribution in [2.24, 2.45) is 0 Å². The predicted molar refractivity (Wildman–Crippen MR) is 90.7 cm³/mol. The van der Waals surface area contributed by atoms with Gasteiger partial charge in [-0.2, -0.15) is 0 Å². The van der Waals surface area contributed by atoms with E-state index < -0.39 is 0 Å². The van der Waals surface area contributed by atoms with Crippen molar-refractivity contribution in [1.82, 2.24) is 0 Å². The van der Waals surface area contributed by atoms with Crippen LogP contribution < -0.4 is 0 Å². The third kappa shape index (κ3) is 2.41. The van der Waals surface area contributed by atoms with Gasteiger partial charge < -0.3 is 0 Å². The lowest BCUT2D eigenvalue weighted by molar-refractivity contribution is 0.0982. The van der Waals surface area contributed by atoms with Crippen LogP contribution >= 0.6 is 23.2 Å². The zero-order valence-corrected chi connectivity index (χ0v) is 13.1. The van der Waals surface area contributed by atoms with Crippen molar-refractivity contribution in [3.8, 4) is 0 Å². The van der Waals surface area contributed by atoms with Gasteiger partial charge >= 0.3 is 0 Å². The Kier molecular flexibility index (Phi) is 3.88. The number of carbonyl (C=O) groups excluding carboxylic acids is 1. The number of carbonyl (C=O) groups is 1. The van der Waals surface area contributed by atoms with Crippen LogP contribution in [-0.4, -0.2) is 5.78 Å². The minimum absolute atomic E-state index is 0.0635. The second kappa shape index (κ2) is 5.67. The Bertz CT molecular complexity index is 853. The van der Waals surface area contributed by atoms with Gasteiger partial charge in [-0.05, 0) is 34.7 Å². The Morgan fingerprint density at radius 3 is 2.57 bits per heavy atom. The van der Waals surface area contributed by atoms with Crippen molar-refractivity contribution < 1.29 is 4.79 Å². The predicted octanol–water partition coefficient (Wildman–Crippen LogP) is 6.28. The van der Waals surface area contributed by atoms with Crippen molar-refractivity contribution in [2.75, 3.05) is 0 Å². The molecule has 0 saturated heterocycles. The number of halogens is 2. The molecule has 0 unspecified atom stereocenters. The fraction of sp³-hybridized carbons (Fsp3) is 0.167. The second-order valence-electron chi connectivity index (χ2n) is 5.10. The minimum atomic E-state index is 0.0635. The topological polar surface area (TPSA) is 17.1 Å². The maximum atomic E-state index is 12.2. The van der Waals surface area contributed by atoms with E-state index >= 15 is 0 Å². The van der Waals surface area contributed by atoms with E-state index in [-0.39, 0.29) is 5.78 Å². The van der Waals surface area contributed by atoms with Crippen LogP contribution in [0.4, 0.5) is 0 Å². The number of benzene rings is 3. The number of ketones is 1. The van der Waals surface area contributed by atoms with Gasteiger partial charge in [0.25, 0.3) is 0 Å². The van der Waals surface area contributed by atoms with E-state index in [0.717, 1.165) is 28.0 Å². The molecule has 0 spiro atoms. The molecule has 0 saturated carbocycles. The highest BCUT2D eigenvalue weighted by Gasteiger charge is 2.15. The monoisotopic (exact) mass is 316 g/mol. The number of hydrogen-bond acceptors (Lipinski definition) is 1. The summed E-state index contributed by atoms with van der Waals surface area (Å²) in [6.07, 6.45) is 1.30. The third-order valence-corrected chi connectivity index (χ3v) is 4.38. The highest BCUT2D eigenvalue weighted by Crippen LogP contribution is 2.38. The summed E-state index contributed by atoms with van der Waals surface area (Å²) in [6, 6.07) is 13.7. The van der Waals surface area contributed by atoms with Crippen LogP contribution in [0.3, 0.4) is 0 Å². The van der Waals surface area contributed by atoms with Crippen LogP contribution in [-0.2, 0) is 0 Å². The molecule has 0 bridgehead atoms. The highest BCUT2D eigenvalue weighted by molar-refractivity contribution is 6.45. The summed E-state index contributed by atoms with van der Waals surface area (Å²) >= 11 is 12.9. The molecule has 1 nitrogen and oxygen atoms in total. The molecule has 0 amide bonds. The maximum Gasteiger partial charge on any atom is 0.164 e. The maximum absolute atomic E-state index is 12.2.